The Kier molecular flexibility index (Phi) is 13.9. The fraction of sp³-hybridized carbons (Fsp3) is 1.00. The second-order valence-electron chi connectivity index (χ2n) is 5.02. The molecule has 0 aliphatic rings. The van der Waals surface area contributed by atoms with E-state index >= 15 is 0 Å². The number of unbranched alkanes of at least 4 members (excludes halogenated alkanes) is 6. The maximum atomic E-state index is 3.61. The smallest absolute Gasteiger partial charge is 0.119 e. The molecule has 0 aromatic rings. The van der Waals surface area contributed by atoms with E-state index in [1.807, 2.05) is 0 Å². The Morgan fingerprint density at radius 3 is 1.59 bits per heavy atom. The predicted octanol–water partition coefficient (Wildman–Crippen LogP) is 4.20. The van der Waals surface area contributed by atoms with Gasteiger partial charge in [0, 0.05) is 19.4 Å². The summed E-state index contributed by atoms with van der Waals surface area (Å²) in [6, 6.07) is 0. The lowest BCUT2D eigenvalue weighted by Crippen LogP contribution is -2.45. The summed E-state index contributed by atoms with van der Waals surface area (Å²) in [5, 5.41) is 2.46. The van der Waals surface area contributed by atoms with Crippen LogP contribution in [0.3, 0.4) is 0 Å². The molecule has 0 aliphatic carbocycles. The topological polar surface area (TPSA) is 17.9 Å². The average Bonchev–Trinajstić information content (AvgIpc) is 2.34. The second-order valence-corrected chi connectivity index (χ2v) is 5.02. The van der Waals surface area contributed by atoms with Crippen molar-refractivity contribution in [3.63, 3.8) is 0 Å². The zero-order valence-corrected chi connectivity index (χ0v) is 12.4. The monoisotopic (exact) mass is 242 g/mol. The third-order valence-electron chi connectivity index (χ3n) is 3.18. The largest absolute Gasteiger partial charge is 0.144 e. The Balaban J connectivity index is 3.60. The summed E-state index contributed by atoms with van der Waals surface area (Å²) < 4.78 is 0. The summed E-state index contributed by atoms with van der Waals surface area (Å²) in [6.07, 6.45) is 12.0. The van der Waals surface area contributed by atoms with Crippen LogP contribution in [0.5, 0.6) is 0 Å². The summed E-state index contributed by atoms with van der Waals surface area (Å²) in [4.78, 5) is 0. The Morgan fingerprint density at radius 1 is 0.647 bits per heavy atom. The van der Waals surface area contributed by atoms with Crippen molar-refractivity contribution < 1.29 is 0 Å². The first-order valence-electron chi connectivity index (χ1n) is 7.83. The SMILES string of the molecule is CCCCCN[N+](CCCCC)CCCCC. The third-order valence-corrected chi connectivity index (χ3v) is 3.18. The minimum atomic E-state index is 1.16. The van der Waals surface area contributed by atoms with E-state index in [-0.39, 0.29) is 0 Å². The molecule has 1 N–H and O–H groups in total. The Bertz CT molecular complexity index is 127. The quantitative estimate of drug-likeness (QED) is 0.291. The van der Waals surface area contributed by atoms with Crippen LogP contribution in [-0.2, 0) is 0 Å². The van der Waals surface area contributed by atoms with E-state index in [1.165, 1.54) is 70.9 Å². The van der Waals surface area contributed by atoms with Crippen molar-refractivity contribution >= 4 is 0 Å². The number of rotatable bonds is 13. The molecule has 0 heterocycles. The Morgan fingerprint density at radius 2 is 1.12 bits per heavy atom. The highest BCUT2D eigenvalue weighted by molar-refractivity contribution is 4.59. The normalized spacial score (nSPS) is 11.3. The second kappa shape index (κ2) is 14.0. The van der Waals surface area contributed by atoms with Crippen LogP contribution in [-0.4, -0.2) is 19.6 Å². The van der Waals surface area contributed by atoms with Gasteiger partial charge in [-0.3, -0.25) is 0 Å². The van der Waals surface area contributed by atoms with Crippen molar-refractivity contribution in [3.05, 3.63) is 0 Å². The van der Waals surface area contributed by atoms with Crippen LogP contribution in [0.2, 0.25) is 0 Å². The lowest BCUT2D eigenvalue weighted by Gasteiger charge is -2.12. The van der Waals surface area contributed by atoms with Crippen LogP contribution in [0.15, 0.2) is 0 Å². The molecule has 0 rings (SSSR count). The summed E-state index contributed by atoms with van der Waals surface area (Å²) in [5.74, 6) is 0. The van der Waals surface area contributed by atoms with Gasteiger partial charge in [0.2, 0.25) is 0 Å². The van der Waals surface area contributed by atoms with Crippen molar-refractivity contribution in [2.75, 3.05) is 19.6 Å². The van der Waals surface area contributed by atoms with Crippen LogP contribution in [0, 0.1) is 0 Å². The standard InChI is InChI=1S/C15H34N2/c1-4-7-10-13-16-17(14-11-8-5-2)15-12-9-6-3/h16H,4-15H2,1-3H3/q+1. The van der Waals surface area contributed by atoms with Crippen LogP contribution in [0.25, 0.3) is 0 Å². The molecular formula is C15H34N2+. The molecule has 0 saturated carbocycles. The van der Waals surface area contributed by atoms with Gasteiger partial charge in [0.1, 0.15) is 13.1 Å². The van der Waals surface area contributed by atoms with E-state index in [4.69, 9.17) is 0 Å². The van der Waals surface area contributed by atoms with Crippen molar-refractivity contribution in [3.8, 4) is 0 Å². The molecular weight excluding hydrogens is 208 g/mol. The third kappa shape index (κ3) is 12.2. The van der Waals surface area contributed by atoms with Gasteiger partial charge in [0.05, 0.1) is 0 Å². The van der Waals surface area contributed by atoms with Crippen molar-refractivity contribution in [1.29, 1.82) is 0 Å². The van der Waals surface area contributed by atoms with Crippen molar-refractivity contribution in [2.45, 2.75) is 78.6 Å². The molecule has 2 heteroatoms. The number of nitrogens with zero attached hydrogens (tertiary/aromatic N) is 1. The lowest BCUT2D eigenvalue weighted by molar-refractivity contribution is 0.295. The van der Waals surface area contributed by atoms with Gasteiger partial charge in [-0.25, -0.2) is 0 Å². The molecule has 0 saturated heterocycles. The van der Waals surface area contributed by atoms with Gasteiger partial charge in [-0.05, 0) is 19.3 Å². The van der Waals surface area contributed by atoms with Gasteiger partial charge < -0.3 is 0 Å². The van der Waals surface area contributed by atoms with Gasteiger partial charge in [-0.2, -0.15) is 0 Å². The molecule has 0 aromatic carbocycles. The van der Waals surface area contributed by atoms with Crippen LogP contribution < -0.4 is 10.4 Å². The Labute approximate surface area is 109 Å². The van der Waals surface area contributed by atoms with Crippen molar-refractivity contribution in [1.82, 2.24) is 10.4 Å². The van der Waals surface area contributed by atoms with Gasteiger partial charge in [0.25, 0.3) is 0 Å². The highest BCUT2D eigenvalue weighted by atomic mass is 15.5. The van der Waals surface area contributed by atoms with Crippen LogP contribution >= 0.6 is 0 Å². The summed E-state index contributed by atoms with van der Waals surface area (Å²) in [5.41, 5.74) is 3.61. The molecule has 17 heavy (non-hydrogen) atoms. The van der Waals surface area contributed by atoms with E-state index in [0.29, 0.717) is 0 Å². The number of hydrogen-bond acceptors (Lipinski definition) is 2. The molecule has 0 amide bonds. The maximum absolute atomic E-state index is 3.61. The minimum Gasteiger partial charge on any atom is -0.119 e. The number of nitrogens with one attached hydrogen (secondary N) is 1. The first-order valence-corrected chi connectivity index (χ1v) is 7.83. The van der Waals surface area contributed by atoms with Crippen LogP contribution in [0.1, 0.15) is 78.6 Å². The van der Waals surface area contributed by atoms with Gasteiger partial charge in [0.15, 0.2) is 0 Å². The molecule has 0 fully saturated rings. The van der Waals surface area contributed by atoms with E-state index in [2.05, 4.69) is 31.2 Å². The zero-order valence-electron chi connectivity index (χ0n) is 12.4. The van der Waals surface area contributed by atoms with Gasteiger partial charge in [-0.15, -0.1) is 5.43 Å². The molecule has 0 spiro atoms. The predicted molar refractivity (Wildman–Crippen MR) is 78.4 cm³/mol. The van der Waals surface area contributed by atoms with E-state index in [9.17, 15) is 0 Å². The van der Waals surface area contributed by atoms with E-state index in [0.717, 1.165) is 6.54 Å². The molecule has 1 radical (unpaired) electrons. The molecule has 0 aliphatic heterocycles. The molecule has 103 valence electrons. The molecule has 0 unspecified atom stereocenters. The number of hydrogen-bond donors (Lipinski definition) is 1. The van der Waals surface area contributed by atoms with Crippen LogP contribution in [0.4, 0.5) is 0 Å². The zero-order chi connectivity index (χ0) is 12.8. The fourth-order valence-corrected chi connectivity index (χ4v) is 1.99. The first-order chi connectivity index (χ1) is 8.35. The molecule has 0 aromatic heterocycles. The minimum absolute atomic E-state index is 1.16. The molecule has 0 bridgehead atoms. The summed E-state index contributed by atoms with van der Waals surface area (Å²) >= 11 is 0. The van der Waals surface area contributed by atoms with Gasteiger partial charge in [-0.1, -0.05) is 51.5 Å². The lowest BCUT2D eigenvalue weighted by atomic mass is 10.2. The highest BCUT2D eigenvalue weighted by Gasteiger charge is 2.12. The average molecular weight is 242 g/mol. The van der Waals surface area contributed by atoms with E-state index in [1.54, 1.807) is 0 Å². The van der Waals surface area contributed by atoms with E-state index < -0.39 is 0 Å². The van der Waals surface area contributed by atoms with Crippen molar-refractivity contribution in [2.24, 2.45) is 0 Å². The first kappa shape index (κ1) is 16.9. The molecule has 2 nitrogen and oxygen atoms in total. The van der Waals surface area contributed by atoms with Gasteiger partial charge >= 0.3 is 0 Å². The maximum Gasteiger partial charge on any atom is 0.144 e. The Hall–Kier alpha value is -0.0800. The summed E-state index contributed by atoms with van der Waals surface area (Å²) in [7, 11) is 0. The fourth-order valence-electron chi connectivity index (χ4n) is 1.99. The molecule has 0 atom stereocenters. The summed E-state index contributed by atoms with van der Waals surface area (Å²) in [6.45, 7) is 10.4. The highest BCUT2D eigenvalue weighted by Crippen LogP contribution is 1.99. The number of hydrazine groups is 1.